The van der Waals surface area contributed by atoms with E-state index in [9.17, 15) is 0 Å². The molecule has 1 aromatic carbocycles. The number of nitrogens with two attached hydrogens (primary N) is 1. The maximum atomic E-state index is 6.36. The minimum atomic E-state index is 0.0743. The summed E-state index contributed by atoms with van der Waals surface area (Å²) >= 11 is 0. The number of hydrogen-bond donors (Lipinski definition) is 1. The second-order valence-corrected chi connectivity index (χ2v) is 5.14. The zero-order valence-corrected chi connectivity index (χ0v) is 10.0. The average molecular weight is 227 g/mol. The Bertz CT molecular complexity index is 511. The molecular weight excluding hydrogens is 210 g/mol. The highest BCUT2D eigenvalue weighted by Gasteiger charge is 2.44. The zero-order valence-electron chi connectivity index (χ0n) is 10.0. The fraction of sp³-hybridized carbons (Fsp3) is 0.357. The van der Waals surface area contributed by atoms with Gasteiger partial charge >= 0.3 is 0 Å². The van der Waals surface area contributed by atoms with E-state index in [0.29, 0.717) is 0 Å². The Balaban J connectivity index is 2.00. The van der Waals surface area contributed by atoms with Crippen molar-refractivity contribution < 1.29 is 0 Å². The van der Waals surface area contributed by atoms with Crippen molar-refractivity contribution in [2.45, 2.75) is 25.8 Å². The van der Waals surface area contributed by atoms with Crippen LogP contribution in [0.1, 0.15) is 31.5 Å². The quantitative estimate of drug-likeness (QED) is 0.876. The first-order valence-electron chi connectivity index (χ1n) is 6.06. The summed E-state index contributed by atoms with van der Waals surface area (Å²) in [6, 6.07) is 12.3. The molecule has 0 bridgehead atoms. The van der Waals surface area contributed by atoms with Gasteiger partial charge in [0.15, 0.2) is 0 Å². The van der Waals surface area contributed by atoms with E-state index >= 15 is 0 Å². The summed E-state index contributed by atoms with van der Waals surface area (Å²) in [6.45, 7) is 2.25. The van der Waals surface area contributed by atoms with E-state index < -0.39 is 0 Å². The van der Waals surface area contributed by atoms with E-state index in [1.165, 1.54) is 12.8 Å². The zero-order chi connectivity index (χ0) is 11.9. The van der Waals surface area contributed by atoms with Crippen molar-refractivity contribution in [3.63, 3.8) is 0 Å². The van der Waals surface area contributed by atoms with Crippen molar-refractivity contribution in [1.82, 2.24) is 9.78 Å². The molecule has 1 fully saturated rings. The average Bonchev–Trinajstić information content (AvgIpc) is 2.95. The molecule has 2 N–H and O–H groups in total. The molecule has 1 unspecified atom stereocenters. The summed E-state index contributed by atoms with van der Waals surface area (Å²) in [4.78, 5) is 0. The summed E-state index contributed by atoms with van der Waals surface area (Å²) in [5.74, 6) is 0. The number of para-hydroxylation sites is 1. The van der Waals surface area contributed by atoms with E-state index in [1.54, 1.807) is 0 Å². The standard InChI is InChI=1S/C14H17N3/c1-14(8-9-14)13(15)12-7-10-16-17(12)11-5-3-2-4-6-11/h2-7,10,13H,8-9,15H2,1H3. The van der Waals surface area contributed by atoms with Crippen molar-refractivity contribution >= 4 is 0 Å². The van der Waals surface area contributed by atoms with Crippen molar-refractivity contribution in [2.24, 2.45) is 11.1 Å². The van der Waals surface area contributed by atoms with E-state index in [-0.39, 0.29) is 11.5 Å². The third-order valence-electron chi connectivity index (χ3n) is 3.78. The van der Waals surface area contributed by atoms with Crippen molar-refractivity contribution in [3.05, 3.63) is 48.3 Å². The molecule has 1 aliphatic rings. The van der Waals surface area contributed by atoms with Gasteiger partial charge in [-0.2, -0.15) is 5.10 Å². The van der Waals surface area contributed by atoms with Crippen LogP contribution < -0.4 is 5.73 Å². The first-order chi connectivity index (χ1) is 8.21. The van der Waals surface area contributed by atoms with Gasteiger partial charge in [-0.1, -0.05) is 25.1 Å². The third kappa shape index (κ3) is 1.76. The summed E-state index contributed by atoms with van der Waals surface area (Å²) in [5.41, 5.74) is 8.81. The predicted molar refractivity (Wildman–Crippen MR) is 67.8 cm³/mol. The molecule has 0 radical (unpaired) electrons. The highest BCUT2D eigenvalue weighted by atomic mass is 15.3. The first kappa shape index (κ1) is 10.5. The van der Waals surface area contributed by atoms with E-state index in [1.807, 2.05) is 35.1 Å². The molecule has 88 valence electrons. The second-order valence-electron chi connectivity index (χ2n) is 5.14. The van der Waals surface area contributed by atoms with E-state index in [4.69, 9.17) is 5.73 Å². The van der Waals surface area contributed by atoms with Crippen LogP contribution >= 0.6 is 0 Å². The normalized spacial score (nSPS) is 18.9. The lowest BCUT2D eigenvalue weighted by atomic mass is 9.97. The van der Waals surface area contributed by atoms with Crippen molar-refractivity contribution in [2.75, 3.05) is 0 Å². The fourth-order valence-electron chi connectivity index (χ4n) is 2.20. The molecule has 1 atom stereocenters. The molecule has 0 saturated heterocycles. The number of nitrogens with zero attached hydrogens (tertiary/aromatic N) is 2. The lowest BCUT2D eigenvalue weighted by Crippen LogP contribution is -2.23. The summed E-state index contributed by atoms with van der Waals surface area (Å²) in [7, 11) is 0. The smallest absolute Gasteiger partial charge is 0.0649 e. The Hall–Kier alpha value is -1.61. The number of aromatic nitrogens is 2. The molecule has 1 heterocycles. The Morgan fingerprint density at radius 2 is 1.94 bits per heavy atom. The van der Waals surface area contributed by atoms with Gasteiger partial charge in [-0.05, 0) is 36.5 Å². The van der Waals surface area contributed by atoms with Gasteiger partial charge < -0.3 is 5.73 Å². The predicted octanol–water partition coefficient (Wildman–Crippen LogP) is 2.67. The molecule has 1 aromatic heterocycles. The highest BCUT2D eigenvalue weighted by Crippen LogP contribution is 2.53. The van der Waals surface area contributed by atoms with Gasteiger partial charge in [0.05, 0.1) is 17.4 Å². The van der Waals surface area contributed by atoms with E-state index in [0.717, 1.165) is 11.4 Å². The summed E-state index contributed by atoms with van der Waals surface area (Å²) < 4.78 is 1.95. The minimum Gasteiger partial charge on any atom is -0.322 e. The molecule has 3 rings (SSSR count). The SMILES string of the molecule is CC1(C(N)c2ccnn2-c2ccccc2)CC1. The molecule has 1 aliphatic carbocycles. The Morgan fingerprint density at radius 3 is 2.59 bits per heavy atom. The van der Waals surface area contributed by atoms with Crippen LogP contribution in [0.3, 0.4) is 0 Å². The molecule has 0 amide bonds. The van der Waals surface area contributed by atoms with Crippen LogP contribution in [0.2, 0.25) is 0 Å². The van der Waals surface area contributed by atoms with Crippen LogP contribution in [-0.4, -0.2) is 9.78 Å². The van der Waals surface area contributed by atoms with Crippen molar-refractivity contribution in [1.29, 1.82) is 0 Å². The number of hydrogen-bond acceptors (Lipinski definition) is 2. The Labute approximate surface area is 101 Å². The fourth-order valence-corrected chi connectivity index (χ4v) is 2.20. The lowest BCUT2D eigenvalue weighted by molar-refractivity contribution is 0.433. The van der Waals surface area contributed by atoms with Gasteiger partial charge in [0, 0.05) is 6.20 Å². The van der Waals surface area contributed by atoms with Crippen LogP contribution in [0.15, 0.2) is 42.6 Å². The van der Waals surface area contributed by atoms with Gasteiger partial charge in [-0.15, -0.1) is 0 Å². The molecule has 2 aromatic rings. The van der Waals surface area contributed by atoms with Crippen LogP contribution in [0, 0.1) is 5.41 Å². The van der Waals surface area contributed by atoms with Gasteiger partial charge in [0.2, 0.25) is 0 Å². The topological polar surface area (TPSA) is 43.8 Å². The van der Waals surface area contributed by atoms with Gasteiger partial charge in [0.25, 0.3) is 0 Å². The number of benzene rings is 1. The molecule has 1 saturated carbocycles. The summed E-state index contributed by atoms with van der Waals surface area (Å²) in [5, 5.41) is 4.39. The molecule has 0 spiro atoms. The third-order valence-corrected chi connectivity index (χ3v) is 3.78. The molecular formula is C14H17N3. The Morgan fingerprint density at radius 1 is 1.24 bits per heavy atom. The molecule has 3 heteroatoms. The largest absolute Gasteiger partial charge is 0.322 e. The molecule has 3 nitrogen and oxygen atoms in total. The summed E-state index contributed by atoms with van der Waals surface area (Å²) in [6.07, 6.45) is 4.26. The molecule has 0 aliphatic heterocycles. The lowest BCUT2D eigenvalue weighted by Gasteiger charge is -2.20. The maximum absolute atomic E-state index is 6.36. The van der Waals surface area contributed by atoms with Gasteiger partial charge in [-0.3, -0.25) is 0 Å². The maximum Gasteiger partial charge on any atom is 0.0649 e. The van der Waals surface area contributed by atoms with Crippen molar-refractivity contribution in [3.8, 4) is 5.69 Å². The van der Waals surface area contributed by atoms with Crippen LogP contribution in [-0.2, 0) is 0 Å². The van der Waals surface area contributed by atoms with Gasteiger partial charge in [-0.25, -0.2) is 4.68 Å². The van der Waals surface area contributed by atoms with Crippen LogP contribution in [0.25, 0.3) is 5.69 Å². The Kier molecular flexibility index (Phi) is 2.30. The van der Waals surface area contributed by atoms with Crippen LogP contribution in [0.4, 0.5) is 0 Å². The highest BCUT2D eigenvalue weighted by molar-refractivity contribution is 5.33. The first-order valence-corrected chi connectivity index (χ1v) is 6.06. The minimum absolute atomic E-state index is 0.0743. The van der Waals surface area contributed by atoms with Gasteiger partial charge in [0.1, 0.15) is 0 Å². The van der Waals surface area contributed by atoms with E-state index in [2.05, 4.69) is 24.2 Å². The second kappa shape index (κ2) is 3.70. The van der Waals surface area contributed by atoms with Crippen LogP contribution in [0.5, 0.6) is 0 Å². The molecule has 17 heavy (non-hydrogen) atoms. The monoisotopic (exact) mass is 227 g/mol. The number of rotatable bonds is 3.